The molecule has 2 fully saturated rings. The summed E-state index contributed by atoms with van der Waals surface area (Å²) in [5, 5.41) is 11.7. The van der Waals surface area contributed by atoms with Crippen molar-refractivity contribution < 1.29 is 5.11 Å². The predicted molar refractivity (Wildman–Crippen MR) is 95.8 cm³/mol. The fourth-order valence-corrected chi connectivity index (χ4v) is 4.13. The highest BCUT2D eigenvalue weighted by atomic mass is 35.5. The van der Waals surface area contributed by atoms with Crippen molar-refractivity contribution in [1.29, 1.82) is 0 Å². The van der Waals surface area contributed by atoms with Crippen LogP contribution in [-0.4, -0.2) is 53.7 Å². The van der Waals surface area contributed by atoms with Crippen LogP contribution in [0.2, 0.25) is 5.02 Å². The van der Waals surface area contributed by atoms with Crippen molar-refractivity contribution in [3.63, 3.8) is 0 Å². The molecule has 2 aliphatic rings. The molecule has 1 aromatic carbocycles. The van der Waals surface area contributed by atoms with Crippen LogP contribution < -0.4 is 0 Å². The normalized spacial score (nSPS) is 26.0. The maximum Gasteiger partial charge on any atom is 0.0920 e. The summed E-state index contributed by atoms with van der Waals surface area (Å²) in [5.74, 6) is 0.791. The Balaban J connectivity index is 1.51. The first-order valence-corrected chi connectivity index (χ1v) is 9.29. The average molecular weight is 337 g/mol. The minimum absolute atomic E-state index is 0.663. The van der Waals surface area contributed by atoms with E-state index in [1.807, 2.05) is 24.3 Å². The van der Waals surface area contributed by atoms with Crippen molar-refractivity contribution in [1.82, 2.24) is 9.80 Å². The van der Waals surface area contributed by atoms with E-state index in [0.717, 1.165) is 42.4 Å². The van der Waals surface area contributed by atoms with Crippen LogP contribution in [0.15, 0.2) is 24.3 Å². The molecule has 0 spiro atoms. The third-order valence-electron chi connectivity index (χ3n) is 5.63. The molecule has 23 heavy (non-hydrogen) atoms. The van der Waals surface area contributed by atoms with Gasteiger partial charge in [-0.2, -0.15) is 0 Å². The highest BCUT2D eigenvalue weighted by Gasteiger charge is 2.35. The van der Waals surface area contributed by atoms with Gasteiger partial charge < -0.3 is 14.9 Å². The number of nitrogens with zero attached hydrogens (tertiary/aromatic N) is 2. The van der Waals surface area contributed by atoms with Crippen LogP contribution in [0.3, 0.4) is 0 Å². The van der Waals surface area contributed by atoms with Gasteiger partial charge in [0.1, 0.15) is 0 Å². The third-order valence-corrected chi connectivity index (χ3v) is 5.88. The first-order chi connectivity index (χ1) is 11.0. The Kier molecular flexibility index (Phi) is 5.32. The monoisotopic (exact) mass is 336 g/mol. The van der Waals surface area contributed by atoms with Crippen molar-refractivity contribution >= 4 is 11.6 Å². The van der Waals surface area contributed by atoms with Crippen molar-refractivity contribution in [2.45, 2.75) is 44.8 Å². The van der Waals surface area contributed by atoms with E-state index < -0.39 is 5.60 Å². The van der Waals surface area contributed by atoms with Gasteiger partial charge in [0.25, 0.3) is 0 Å². The molecule has 4 heteroatoms. The van der Waals surface area contributed by atoms with Crippen molar-refractivity contribution in [3.8, 4) is 0 Å². The number of halogens is 1. The Bertz CT molecular complexity index is 509. The van der Waals surface area contributed by atoms with E-state index in [4.69, 9.17) is 11.6 Å². The second-order valence-corrected chi connectivity index (χ2v) is 8.02. The van der Waals surface area contributed by atoms with E-state index >= 15 is 0 Å². The summed E-state index contributed by atoms with van der Waals surface area (Å²) in [6.07, 6.45) is 2.95. The van der Waals surface area contributed by atoms with E-state index in [2.05, 4.69) is 23.6 Å². The van der Waals surface area contributed by atoms with E-state index in [0.29, 0.717) is 6.04 Å². The molecular weight excluding hydrogens is 308 g/mol. The lowest BCUT2D eigenvalue weighted by atomic mass is 9.84. The molecule has 128 valence electrons. The van der Waals surface area contributed by atoms with E-state index in [-0.39, 0.29) is 0 Å². The lowest BCUT2D eigenvalue weighted by molar-refractivity contribution is -0.0285. The molecule has 0 aromatic heterocycles. The van der Waals surface area contributed by atoms with Crippen molar-refractivity contribution in [3.05, 3.63) is 34.9 Å². The quantitative estimate of drug-likeness (QED) is 0.913. The van der Waals surface area contributed by atoms with E-state index in [9.17, 15) is 5.11 Å². The van der Waals surface area contributed by atoms with Gasteiger partial charge in [-0.05, 0) is 63.3 Å². The Morgan fingerprint density at radius 1 is 1.17 bits per heavy atom. The molecule has 1 atom stereocenters. The molecule has 0 amide bonds. The summed E-state index contributed by atoms with van der Waals surface area (Å²) in [6, 6.07) is 8.35. The van der Waals surface area contributed by atoms with Gasteiger partial charge in [0.15, 0.2) is 0 Å². The number of likely N-dealkylation sites (tertiary alicyclic amines) is 2. The van der Waals surface area contributed by atoms with Gasteiger partial charge >= 0.3 is 0 Å². The largest absolute Gasteiger partial charge is 0.385 e. The lowest BCUT2D eigenvalue weighted by Gasteiger charge is -2.39. The van der Waals surface area contributed by atoms with Crippen molar-refractivity contribution in [2.75, 3.05) is 32.7 Å². The molecule has 2 saturated heterocycles. The Hall–Kier alpha value is -0.610. The topological polar surface area (TPSA) is 26.7 Å². The summed E-state index contributed by atoms with van der Waals surface area (Å²) in [5.41, 5.74) is 0.328. The number of piperidine rings is 1. The second-order valence-electron chi connectivity index (χ2n) is 7.58. The average Bonchev–Trinajstić information content (AvgIpc) is 2.99. The molecule has 1 unspecified atom stereocenters. The zero-order valence-electron chi connectivity index (χ0n) is 14.3. The van der Waals surface area contributed by atoms with Gasteiger partial charge in [-0.25, -0.2) is 0 Å². The zero-order chi connectivity index (χ0) is 16.4. The molecule has 3 nitrogen and oxygen atoms in total. The fourth-order valence-electron chi connectivity index (χ4n) is 4.00. The van der Waals surface area contributed by atoms with Crippen LogP contribution in [0.4, 0.5) is 0 Å². The summed E-state index contributed by atoms with van der Waals surface area (Å²) in [7, 11) is 0. The highest BCUT2D eigenvalue weighted by molar-refractivity contribution is 6.30. The number of aliphatic hydroxyl groups is 1. The Morgan fingerprint density at radius 2 is 1.83 bits per heavy atom. The molecule has 3 rings (SSSR count). The Labute approximate surface area is 145 Å². The molecule has 2 heterocycles. The van der Waals surface area contributed by atoms with Gasteiger partial charge in [-0.1, -0.05) is 23.7 Å². The van der Waals surface area contributed by atoms with E-state index in [1.165, 1.54) is 26.1 Å². The summed E-state index contributed by atoms with van der Waals surface area (Å²) in [6.45, 7) is 10.2. The van der Waals surface area contributed by atoms with Gasteiger partial charge in [0.05, 0.1) is 5.60 Å². The SMILES string of the molecule is CC(C)N1CCC(CN2CCC(O)(c3ccc(Cl)cc3)CC2)C1. The minimum Gasteiger partial charge on any atom is -0.385 e. The van der Waals surface area contributed by atoms with Gasteiger partial charge in [0, 0.05) is 37.2 Å². The standard InChI is InChI=1S/C19H29ClN2O/c1-15(2)22-10-7-16(14-22)13-21-11-8-19(23,9-12-21)17-3-5-18(20)6-4-17/h3-6,15-16,23H,7-14H2,1-2H3. The molecule has 0 radical (unpaired) electrons. The third kappa shape index (κ3) is 4.08. The summed E-state index contributed by atoms with van der Waals surface area (Å²) >= 11 is 5.95. The first-order valence-electron chi connectivity index (χ1n) is 8.91. The Morgan fingerprint density at radius 3 is 2.39 bits per heavy atom. The summed E-state index contributed by atoms with van der Waals surface area (Å²) < 4.78 is 0. The van der Waals surface area contributed by atoms with Crippen LogP contribution in [0, 0.1) is 5.92 Å². The number of benzene rings is 1. The molecule has 2 aliphatic heterocycles. The van der Waals surface area contributed by atoms with Gasteiger partial charge in [0.2, 0.25) is 0 Å². The maximum absolute atomic E-state index is 10.9. The van der Waals surface area contributed by atoms with Crippen molar-refractivity contribution in [2.24, 2.45) is 5.92 Å². The van der Waals surface area contributed by atoms with Crippen LogP contribution in [-0.2, 0) is 5.60 Å². The first kappa shape index (κ1) is 17.2. The predicted octanol–water partition coefficient (Wildman–Crippen LogP) is 3.35. The minimum atomic E-state index is -0.680. The molecule has 0 aliphatic carbocycles. The smallest absolute Gasteiger partial charge is 0.0920 e. The zero-order valence-corrected chi connectivity index (χ0v) is 15.1. The molecule has 0 bridgehead atoms. The number of hydrogen-bond acceptors (Lipinski definition) is 3. The molecule has 1 N–H and O–H groups in total. The highest BCUT2D eigenvalue weighted by Crippen LogP contribution is 2.34. The molecular formula is C19H29ClN2O. The number of rotatable bonds is 4. The molecule has 1 aromatic rings. The van der Waals surface area contributed by atoms with Crippen LogP contribution in [0.25, 0.3) is 0 Å². The molecule has 0 saturated carbocycles. The van der Waals surface area contributed by atoms with Gasteiger partial charge in [-0.15, -0.1) is 0 Å². The van der Waals surface area contributed by atoms with Crippen LogP contribution >= 0.6 is 11.6 Å². The summed E-state index contributed by atoms with van der Waals surface area (Å²) in [4.78, 5) is 5.12. The maximum atomic E-state index is 10.9. The van der Waals surface area contributed by atoms with Gasteiger partial charge in [-0.3, -0.25) is 0 Å². The van der Waals surface area contributed by atoms with Crippen LogP contribution in [0.5, 0.6) is 0 Å². The van der Waals surface area contributed by atoms with Crippen LogP contribution in [0.1, 0.15) is 38.7 Å². The second kappa shape index (κ2) is 7.10. The number of hydrogen-bond donors (Lipinski definition) is 1. The lowest BCUT2D eigenvalue weighted by Crippen LogP contribution is -2.44. The fraction of sp³-hybridized carbons (Fsp3) is 0.684. The van der Waals surface area contributed by atoms with E-state index in [1.54, 1.807) is 0 Å².